The Morgan fingerprint density at radius 2 is 2.22 bits per heavy atom. The highest BCUT2D eigenvalue weighted by Gasteiger charge is 2.37. The minimum Gasteiger partial charge on any atom is -0.497 e. The molecule has 0 radical (unpaired) electrons. The number of hydrogen-bond donors (Lipinski definition) is 1. The Morgan fingerprint density at radius 1 is 1.44 bits per heavy atom. The smallest absolute Gasteiger partial charge is 0.120 e. The fraction of sp³-hybridized carbons (Fsp3) is 0.600. The van der Waals surface area contributed by atoms with Crippen molar-refractivity contribution in [2.24, 2.45) is 5.92 Å². The molecule has 100 valence electrons. The molecule has 2 rings (SSSR count). The van der Waals surface area contributed by atoms with Gasteiger partial charge in [0.05, 0.1) is 7.11 Å². The molecule has 0 aliphatic carbocycles. The van der Waals surface area contributed by atoms with Crippen molar-refractivity contribution in [1.82, 2.24) is 5.32 Å². The quantitative estimate of drug-likeness (QED) is 0.886. The molecule has 0 spiro atoms. The third-order valence-electron chi connectivity index (χ3n) is 3.82. The van der Waals surface area contributed by atoms with E-state index in [1.54, 1.807) is 7.11 Å². The van der Waals surface area contributed by atoms with Crippen LogP contribution in [0.4, 0.5) is 5.69 Å². The summed E-state index contributed by atoms with van der Waals surface area (Å²) in [7, 11) is 3.75. The minimum atomic E-state index is 0.216. The molecule has 3 heteroatoms. The molecule has 0 amide bonds. The van der Waals surface area contributed by atoms with Gasteiger partial charge in [-0.1, -0.05) is 6.07 Å². The lowest BCUT2D eigenvalue weighted by Crippen LogP contribution is -2.38. The summed E-state index contributed by atoms with van der Waals surface area (Å²) in [5.74, 6) is 1.65. The van der Waals surface area contributed by atoms with Gasteiger partial charge in [-0.2, -0.15) is 0 Å². The first-order valence-electron chi connectivity index (χ1n) is 6.63. The first-order valence-corrected chi connectivity index (χ1v) is 6.63. The van der Waals surface area contributed by atoms with E-state index in [1.165, 1.54) is 12.1 Å². The summed E-state index contributed by atoms with van der Waals surface area (Å²) in [5.41, 5.74) is 1.48. The van der Waals surface area contributed by atoms with Crippen LogP contribution in [-0.4, -0.2) is 32.8 Å². The Bertz CT molecular complexity index is 403. The van der Waals surface area contributed by atoms with Gasteiger partial charge < -0.3 is 15.0 Å². The van der Waals surface area contributed by atoms with E-state index < -0.39 is 0 Å². The van der Waals surface area contributed by atoms with Crippen LogP contribution in [0.5, 0.6) is 5.75 Å². The Morgan fingerprint density at radius 3 is 2.89 bits per heavy atom. The van der Waals surface area contributed by atoms with E-state index >= 15 is 0 Å². The summed E-state index contributed by atoms with van der Waals surface area (Å²) < 4.78 is 5.32. The average Bonchev–Trinajstić information content (AvgIpc) is 2.65. The first kappa shape index (κ1) is 13.2. The molecule has 1 fully saturated rings. The Balaban J connectivity index is 2.21. The Kier molecular flexibility index (Phi) is 3.81. The second kappa shape index (κ2) is 5.19. The van der Waals surface area contributed by atoms with Gasteiger partial charge >= 0.3 is 0 Å². The maximum atomic E-state index is 5.32. The van der Waals surface area contributed by atoms with Gasteiger partial charge in [-0.15, -0.1) is 0 Å². The molecule has 1 aliphatic rings. The number of anilines is 1. The van der Waals surface area contributed by atoms with Crippen molar-refractivity contribution in [3.63, 3.8) is 0 Å². The fourth-order valence-electron chi connectivity index (χ4n) is 3.05. The maximum Gasteiger partial charge on any atom is 0.120 e. The van der Waals surface area contributed by atoms with Crippen LogP contribution in [0.3, 0.4) is 0 Å². The topological polar surface area (TPSA) is 24.5 Å². The lowest BCUT2D eigenvalue weighted by atomic mass is 9.96. The lowest BCUT2D eigenvalue weighted by molar-refractivity contribution is 0.414. The molecular formula is C15H24N2O. The zero-order valence-corrected chi connectivity index (χ0v) is 11.9. The third kappa shape index (κ3) is 2.61. The summed E-state index contributed by atoms with van der Waals surface area (Å²) in [6.07, 6.45) is 1.23. The molecule has 1 unspecified atom stereocenters. The van der Waals surface area contributed by atoms with Gasteiger partial charge in [0.25, 0.3) is 0 Å². The molecule has 1 aliphatic heterocycles. The zero-order chi connectivity index (χ0) is 13.2. The SMILES string of the molecule is CNCC1CN(c2cccc(OC)c2)C(C)(C)C1. The molecule has 3 nitrogen and oxygen atoms in total. The molecule has 1 aromatic carbocycles. The predicted octanol–water partition coefficient (Wildman–Crippen LogP) is 2.52. The highest BCUT2D eigenvalue weighted by atomic mass is 16.5. The molecule has 0 aromatic heterocycles. The van der Waals surface area contributed by atoms with E-state index in [0.29, 0.717) is 0 Å². The maximum absolute atomic E-state index is 5.32. The molecule has 0 saturated carbocycles. The van der Waals surface area contributed by atoms with E-state index in [1.807, 2.05) is 13.1 Å². The predicted molar refractivity (Wildman–Crippen MR) is 76.5 cm³/mol. The second-order valence-corrected chi connectivity index (χ2v) is 5.75. The summed E-state index contributed by atoms with van der Waals surface area (Å²) in [6.45, 7) is 6.84. The lowest BCUT2D eigenvalue weighted by Gasteiger charge is -2.33. The molecule has 1 N–H and O–H groups in total. The van der Waals surface area contributed by atoms with Crippen molar-refractivity contribution in [3.8, 4) is 5.75 Å². The molecule has 0 bridgehead atoms. The monoisotopic (exact) mass is 248 g/mol. The van der Waals surface area contributed by atoms with Crippen LogP contribution in [0.2, 0.25) is 0 Å². The number of nitrogens with one attached hydrogen (secondary N) is 1. The fourth-order valence-corrected chi connectivity index (χ4v) is 3.05. The number of benzene rings is 1. The van der Waals surface area contributed by atoms with Crippen LogP contribution in [0, 0.1) is 5.92 Å². The largest absolute Gasteiger partial charge is 0.497 e. The molecule has 1 heterocycles. The Labute approximate surface area is 110 Å². The third-order valence-corrected chi connectivity index (χ3v) is 3.82. The van der Waals surface area contributed by atoms with Crippen molar-refractivity contribution in [1.29, 1.82) is 0 Å². The van der Waals surface area contributed by atoms with E-state index in [9.17, 15) is 0 Å². The molecule has 18 heavy (non-hydrogen) atoms. The first-order chi connectivity index (χ1) is 8.56. The Hall–Kier alpha value is -1.22. The van der Waals surface area contributed by atoms with E-state index in [2.05, 4.69) is 42.3 Å². The van der Waals surface area contributed by atoms with Gasteiger partial charge in [-0.3, -0.25) is 0 Å². The summed E-state index contributed by atoms with van der Waals surface area (Å²) in [4.78, 5) is 2.50. The van der Waals surface area contributed by atoms with Gasteiger partial charge in [0.2, 0.25) is 0 Å². The van der Waals surface area contributed by atoms with Gasteiger partial charge in [-0.05, 0) is 51.9 Å². The highest BCUT2D eigenvalue weighted by Crippen LogP contribution is 2.37. The van der Waals surface area contributed by atoms with Crippen molar-refractivity contribution in [2.45, 2.75) is 25.8 Å². The van der Waals surface area contributed by atoms with Crippen LogP contribution < -0.4 is 15.0 Å². The summed E-state index contributed by atoms with van der Waals surface area (Å²) >= 11 is 0. The van der Waals surface area contributed by atoms with Crippen molar-refractivity contribution < 1.29 is 4.74 Å². The van der Waals surface area contributed by atoms with Crippen LogP contribution in [0.15, 0.2) is 24.3 Å². The van der Waals surface area contributed by atoms with Crippen LogP contribution >= 0.6 is 0 Å². The summed E-state index contributed by atoms with van der Waals surface area (Å²) in [6, 6.07) is 8.36. The van der Waals surface area contributed by atoms with E-state index in [0.717, 1.165) is 24.8 Å². The molecule has 1 saturated heterocycles. The van der Waals surface area contributed by atoms with Crippen LogP contribution in [0.25, 0.3) is 0 Å². The van der Waals surface area contributed by atoms with Crippen molar-refractivity contribution >= 4 is 5.69 Å². The minimum absolute atomic E-state index is 0.216. The standard InChI is InChI=1S/C15H24N2O/c1-15(2)9-12(10-16-3)11-17(15)13-6-5-7-14(8-13)18-4/h5-8,12,16H,9-11H2,1-4H3. The number of hydrogen-bond acceptors (Lipinski definition) is 3. The van der Waals surface area contributed by atoms with Gasteiger partial charge in [0, 0.05) is 23.8 Å². The second-order valence-electron chi connectivity index (χ2n) is 5.75. The molecule has 1 aromatic rings. The zero-order valence-electron chi connectivity index (χ0n) is 11.9. The number of rotatable bonds is 4. The van der Waals surface area contributed by atoms with Gasteiger partial charge in [-0.25, -0.2) is 0 Å². The van der Waals surface area contributed by atoms with E-state index in [-0.39, 0.29) is 5.54 Å². The highest BCUT2D eigenvalue weighted by molar-refractivity contribution is 5.53. The van der Waals surface area contributed by atoms with Gasteiger partial charge in [0.15, 0.2) is 0 Å². The number of ether oxygens (including phenoxy) is 1. The van der Waals surface area contributed by atoms with Crippen molar-refractivity contribution in [2.75, 3.05) is 32.1 Å². The van der Waals surface area contributed by atoms with E-state index in [4.69, 9.17) is 4.74 Å². The van der Waals surface area contributed by atoms with Crippen LogP contribution in [-0.2, 0) is 0 Å². The molecular weight excluding hydrogens is 224 g/mol. The van der Waals surface area contributed by atoms with Gasteiger partial charge in [0.1, 0.15) is 5.75 Å². The number of nitrogens with zero attached hydrogens (tertiary/aromatic N) is 1. The molecule has 1 atom stereocenters. The van der Waals surface area contributed by atoms with Crippen molar-refractivity contribution in [3.05, 3.63) is 24.3 Å². The average molecular weight is 248 g/mol. The summed E-state index contributed by atoms with van der Waals surface area (Å²) in [5, 5.41) is 3.29. The van der Waals surface area contributed by atoms with Crippen LogP contribution in [0.1, 0.15) is 20.3 Å². The number of methoxy groups -OCH3 is 1. The normalized spacial score (nSPS) is 22.2.